The van der Waals surface area contributed by atoms with Crippen LogP contribution in [0, 0.1) is 0 Å². The molecule has 0 aliphatic carbocycles. The lowest BCUT2D eigenvalue weighted by Gasteiger charge is -2.09. The summed E-state index contributed by atoms with van der Waals surface area (Å²) in [4.78, 5) is 3.91. The summed E-state index contributed by atoms with van der Waals surface area (Å²) >= 11 is 11.8. The normalized spacial score (nSPS) is 10.2. The number of anilines is 4. The number of nitrogens with one attached hydrogen (secondary N) is 1. The van der Waals surface area contributed by atoms with Gasteiger partial charge in [0.25, 0.3) is 0 Å². The molecule has 0 spiro atoms. The summed E-state index contributed by atoms with van der Waals surface area (Å²) in [6.07, 6.45) is 0. The van der Waals surface area contributed by atoms with Crippen LogP contribution in [0.3, 0.4) is 0 Å². The van der Waals surface area contributed by atoms with Gasteiger partial charge in [0, 0.05) is 5.02 Å². The third kappa shape index (κ3) is 2.66. The zero-order valence-corrected chi connectivity index (χ0v) is 10.00. The van der Waals surface area contributed by atoms with E-state index in [4.69, 9.17) is 34.7 Å². The van der Waals surface area contributed by atoms with Crippen molar-refractivity contribution in [2.45, 2.75) is 0 Å². The van der Waals surface area contributed by atoms with Crippen LogP contribution in [0.2, 0.25) is 10.0 Å². The zero-order valence-electron chi connectivity index (χ0n) is 8.48. The molecule has 2 aromatic rings. The first-order chi connectivity index (χ1) is 8.06. The van der Waals surface area contributed by atoms with Crippen LogP contribution in [0.15, 0.2) is 18.2 Å². The molecule has 0 amide bonds. The Morgan fingerprint density at radius 3 is 2.65 bits per heavy atom. The van der Waals surface area contributed by atoms with Gasteiger partial charge >= 0.3 is 0 Å². The third-order valence-corrected chi connectivity index (χ3v) is 2.48. The second-order valence-electron chi connectivity index (χ2n) is 3.15. The molecule has 0 aliphatic rings. The van der Waals surface area contributed by atoms with Crippen LogP contribution in [-0.2, 0) is 0 Å². The van der Waals surface area contributed by atoms with Gasteiger partial charge in [-0.3, -0.25) is 0 Å². The lowest BCUT2D eigenvalue weighted by molar-refractivity contribution is 1.00. The fourth-order valence-corrected chi connectivity index (χ4v) is 1.50. The Balaban J connectivity index is 2.37. The highest BCUT2D eigenvalue weighted by Gasteiger charge is 2.07. The zero-order chi connectivity index (χ0) is 12.4. The van der Waals surface area contributed by atoms with Crippen LogP contribution in [0.5, 0.6) is 0 Å². The number of nitrogens with zero attached hydrogens (tertiary/aromatic N) is 3. The van der Waals surface area contributed by atoms with Crippen LogP contribution < -0.4 is 16.8 Å². The Labute approximate surface area is 107 Å². The van der Waals surface area contributed by atoms with Crippen molar-refractivity contribution in [2.75, 3.05) is 16.8 Å². The van der Waals surface area contributed by atoms with E-state index in [-0.39, 0.29) is 17.6 Å². The summed E-state index contributed by atoms with van der Waals surface area (Å²) < 4.78 is 0. The number of halogens is 2. The molecule has 88 valence electrons. The van der Waals surface area contributed by atoms with E-state index < -0.39 is 0 Å². The number of benzene rings is 1. The monoisotopic (exact) mass is 270 g/mol. The quantitative estimate of drug-likeness (QED) is 0.772. The Morgan fingerprint density at radius 1 is 1.12 bits per heavy atom. The van der Waals surface area contributed by atoms with Gasteiger partial charge < -0.3 is 16.8 Å². The maximum absolute atomic E-state index is 5.98. The second kappa shape index (κ2) is 4.60. The largest absolute Gasteiger partial charge is 0.379 e. The molecule has 1 aromatic carbocycles. The second-order valence-corrected chi connectivity index (χ2v) is 4.00. The molecule has 0 atom stereocenters. The van der Waals surface area contributed by atoms with Gasteiger partial charge in [-0.25, -0.2) is 0 Å². The molecule has 8 heteroatoms. The predicted octanol–water partition coefficient (Wildman–Crippen LogP) is 2.09. The fraction of sp³-hybridized carbons (Fsp3) is 0. The van der Waals surface area contributed by atoms with E-state index in [1.165, 1.54) is 0 Å². The number of aromatic nitrogens is 3. The van der Waals surface area contributed by atoms with Gasteiger partial charge in [0.1, 0.15) is 0 Å². The number of rotatable bonds is 2. The van der Waals surface area contributed by atoms with Crippen molar-refractivity contribution in [3.05, 3.63) is 28.2 Å². The van der Waals surface area contributed by atoms with E-state index in [1.807, 2.05) is 0 Å². The predicted molar refractivity (Wildman–Crippen MR) is 68.4 cm³/mol. The summed E-state index contributed by atoms with van der Waals surface area (Å²) in [5.41, 5.74) is 11.6. The van der Waals surface area contributed by atoms with E-state index in [2.05, 4.69) is 20.5 Å². The van der Waals surface area contributed by atoms with Gasteiger partial charge in [0.2, 0.25) is 5.95 Å². The number of nitrogen functional groups attached to an aromatic ring is 2. The summed E-state index contributed by atoms with van der Waals surface area (Å²) in [5, 5.41) is 11.0. The first-order valence-electron chi connectivity index (χ1n) is 4.54. The average Bonchev–Trinajstić information content (AvgIpc) is 2.28. The van der Waals surface area contributed by atoms with Crippen LogP contribution >= 0.6 is 23.2 Å². The molecule has 0 bridgehead atoms. The number of hydrogen-bond donors (Lipinski definition) is 3. The molecule has 0 radical (unpaired) electrons. The maximum Gasteiger partial charge on any atom is 0.242 e. The summed E-state index contributed by atoms with van der Waals surface area (Å²) in [5.74, 6) is 0.414. The average molecular weight is 271 g/mol. The first kappa shape index (κ1) is 11.7. The molecular formula is C9H8Cl2N6. The molecule has 0 unspecified atom stereocenters. The van der Waals surface area contributed by atoms with Crippen LogP contribution in [0.1, 0.15) is 0 Å². The Hall–Kier alpha value is -1.79. The van der Waals surface area contributed by atoms with Gasteiger partial charge in [-0.2, -0.15) is 4.98 Å². The molecule has 5 N–H and O–H groups in total. The molecule has 2 rings (SSSR count). The highest BCUT2D eigenvalue weighted by molar-refractivity contribution is 6.35. The van der Waals surface area contributed by atoms with Gasteiger partial charge in [0.05, 0.1) is 10.7 Å². The van der Waals surface area contributed by atoms with Crippen molar-refractivity contribution in [3.8, 4) is 0 Å². The first-order valence-corrected chi connectivity index (χ1v) is 5.29. The van der Waals surface area contributed by atoms with Crippen molar-refractivity contribution in [3.63, 3.8) is 0 Å². The molecular weight excluding hydrogens is 263 g/mol. The lowest BCUT2D eigenvalue weighted by Crippen LogP contribution is -2.06. The van der Waals surface area contributed by atoms with Gasteiger partial charge in [-0.1, -0.05) is 23.2 Å². The highest BCUT2D eigenvalue weighted by Crippen LogP contribution is 2.29. The summed E-state index contributed by atoms with van der Waals surface area (Å²) in [6.45, 7) is 0. The van der Waals surface area contributed by atoms with Gasteiger partial charge in [0.15, 0.2) is 11.6 Å². The standard InChI is InChI=1S/C9H8Cl2N6/c10-4-1-2-5(11)6(3-4)14-8-7(12)16-17-9(13)15-8/h1-3H,(H2,12,16)(H3,13,14,15,17). The van der Waals surface area contributed by atoms with Crippen molar-refractivity contribution < 1.29 is 0 Å². The molecule has 0 aliphatic heterocycles. The van der Waals surface area contributed by atoms with Crippen LogP contribution in [-0.4, -0.2) is 15.2 Å². The molecule has 1 heterocycles. The fourth-order valence-electron chi connectivity index (χ4n) is 1.16. The van der Waals surface area contributed by atoms with E-state index in [0.29, 0.717) is 15.7 Å². The lowest BCUT2D eigenvalue weighted by atomic mass is 10.3. The van der Waals surface area contributed by atoms with Gasteiger partial charge in [-0.05, 0) is 18.2 Å². The minimum atomic E-state index is 0.0138. The summed E-state index contributed by atoms with van der Waals surface area (Å²) in [7, 11) is 0. The Morgan fingerprint density at radius 2 is 1.88 bits per heavy atom. The van der Waals surface area contributed by atoms with E-state index in [0.717, 1.165) is 0 Å². The van der Waals surface area contributed by atoms with E-state index in [9.17, 15) is 0 Å². The third-order valence-electron chi connectivity index (χ3n) is 1.91. The van der Waals surface area contributed by atoms with Gasteiger partial charge in [-0.15, -0.1) is 10.2 Å². The maximum atomic E-state index is 5.98. The van der Waals surface area contributed by atoms with E-state index in [1.54, 1.807) is 18.2 Å². The minimum Gasteiger partial charge on any atom is -0.379 e. The molecule has 1 aromatic heterocycles. The SMILES string of the molecule is Nc1nnc(N)c(Nc2cc(Cl)ccc2Cl)n1. The Kier molecular flexibility index (Phi) is 3.16. The Bertz CT molecular complexity index is 510. The molecule has 6 nitrogen and oxygen atoms in total. The smallest absolute Gasteiger partial charge is 0.242 e. The van der Waals surface area contributed by atoms with Crippen molar-refractivity contribution in [1.29, 1.82) is 0 Å². The van der Waals surface area contributed by atoms with Crippen molar-refractivity contribution in [2.24, 2.45) is 0 Å². The topological polar surface area (TPSA) is 103 Å². The molecule has 0 fully saturated rings. The van der Waals surface area contributed by atoms with Crippen LogP contribution in [0.4, 0.5) is 23.3 Å². The molecule has 17 heavy (non-hydrogen) atoms. The number of hydrogen-bond acceptors (Lipinski definition) is 6. The molecule has 0 saturated carbocycles. The van der Waals surface area contributed by atoms with Crippen molar-refractivity contribution in [1.82, 2.24) is 15.2 Å². The minimum absolute atomic E-state index is 0.0138. The van der Waals surface area contributed by atoms with Crippen molar-refractivity contribution >= 4 is 46.5 Å². The number of nitrogens with two attached hydrogens (primary N) is 2. The molecule has 0 saturated heterocycles. The highest BCUT2D eigenvalue weighted by atomic mass is 35.5. The summed E-state index contributed by atoms with van der Waals surface area (Å²) in [6, 6.07) is 4.97. The van der Waals surface area contributed by atoms with E-state index >= 15 is 0 Å². The van der Waals surface area contributed by atoms with Crippen LogP contribution in [0.25, 0.3) is 0 Å².